The zero-order valence-electron chi connectivity index (χ0n) is 6.56. The fraction of sp³-hybridized carbons (Fsp3) is 0.875. The van der Waals surface area contributed by atoms with Crippen LogP contribution in [-0.4, -0.2) is 18.0 Å². The third-order valence-electron chi connectivity index (χ3n) is 2.37. The molecule has 68 valence electrons. The lowest BCUT2D eigenvalue weighted by Gasteiger charge is -2.33. The largest absolute Gasteiger partial charge is 0.462 e. The molecule has 2 fully saturated rings. The minimum absolute atomic E-state index is 0.0612. The van der Waals surface area contributed by atoms with Gasteiger partial charge in [0.25, 0.3) is 5.92 Å². The van der Waals surface area contributed by atoms with Crippen molar-refractivity contribution in [2.45, 2.75) is 37.7 Å². The van der Waals surface area contributed by atoms with E-state index in [9.17, 15) is 13.6 Å². The van der Waals surface area contributed by atoms with E-state index in [1.54, 1.807) is 0 Å². The molecule has 0 heterocycles. The summed E-state index contributed by atoms with van der Waals surface area (Å²) in [5, 5.41) is 0. The molecule has 0 aliphatic heterocycles. The molecule has 0 N–H and O–H groups in total. The highest BCUT2D eigenvalue weighted by Crippen LogP contribution is 2.44. The molecule has 4 heteroatoms. The predicted molar refractivity (Wildman–Crippen MR) is 36.8 cm³/mol. The van der Waals surface area contributed by atoms with E-state index in [-0.39, 0.29) is 18.9 Å². The van der Waals surface area contributed by atoms with Gasteiger partial charge >= 0.3 is 5.97 Å². The van der Waals surface area contributed by atoms with Gasteiger partial charge in [-0.2, -0.15) is 0 Å². The molecular weight excluding hydrogens is 166 g/mol. The Morgan fingerprint density at radius 3 is 2.33 bits per heavy atom. The van der Waals surface area contributed by atoms with Crippen LogP contribution in [0.15, 0.2) is 0 Å². The molecule has 2 aliphatic rings. The Morgan fingerprint density at radius 1 is 1.33 bits per heavy atom. The number of rotatable bonds is 2. The molecule has 0 bridgehead atoms. The molecule has 1 unspecified atom stereocenters. The Morgan fingerprint density at radius 2 is 2.00 bits per heavy atom. The maximum Gasteiger partial charge on any atom is 0.315 e. The molecule has 0 amide bonds. The van der Waals surface area contributed by atoms with Gasteiger partial charge in [-0.1, -0.05) is 0 Å². The van der Waals surface area contributed by atoms with Gasteiger partial charge in [-0.3, -0.25) is 4.79 Å². The summed E-state index contributed by atoms with van der Waals surface area (Å²) in [7, 11) is 0. The summed E-state index contributed by atoms with van der Waals surface area (Å²) in [5.74, 6) is -4.65. The first-order chi connectivity index (χ1) is 5.59. The molecule has 0 radical (unpaired) electrons. The Bertz CT molecular complexity index is 211. The molecule has 0 saturated heterocycles. The Labute approximate surface area is 68.9 Å². The first kappa shape index (κ1) is 7.95. The Kier molecular flexibility index (Phi) is 1.59. The maximum atomic E-state index is 12.6. The summed E-state index contributed by atoms with van der Waals surface area (Å²) in [6.45, 7) is 0. The van der Waals surface area contributed by atoms with Crippen molar-refractivity contribution in [3.05, 3.63) is 0 Å². The summed E-state index contributed by atoms with van der Waals surface area (Å²) in [6.07, 6.45) is 1.72. The molecule has 0 aromatic carbocycles. The summed E-state index contributed by atoms with van der Waals surface area (Å²) >= 11 is 0. The number of carbonyl (C=O) groups excluding carboxylic acids is 1. The summed E-state index contributed by atoms with van der Waals surface area (Å²) in [4.78, 5) is 11.0. The molecule has 0 spiro atoms. The van der Waals surface area contributed by atoms with Crippen LogP contribution in [-0.2, 0) is 9.53 Å². The number of alkyl halides is 2. The van der Waals surface area contributed by atoms with E-state index in [2.05, 4.69) is 0 Å². The van der Waals surface area contributed by atoms with Crippen LogP contribution >= 0.6 is 0 Å². The minimum atomic E-state index is -2.80. The lowest BCUT2D eigenvalue weighted by Crippen LogP contribution is -2.44. The highest BCUT2D eigenvalue weighted by atomic mass is 19.3. The van der Waals surface area contributed by atoms with Crippen LogP contribution in [0.5, 0.6) is 0 Å². The fourth-order valence-corrected chi connectivity index (χ4v) is 1.23. The van der Waals surface area contributed by atoms with Crippen molar-refractivity contribution in [1.29, 1.82) is 0 Å². The highest BCUT2D eigenvalue weighted by molar-refractivity contribution is 5.75. The molecule has 1 atom stereocenters. The normalized spacial score (nSPS) is 32.3. The van der Waals surface area contributed by atoms with Gasteiger partial charge in [0.1, 0.15) is 12.0 Å². The fourth-order valence-electron chi connectivity index (χ4n) is 1.23. The summed E-state index contributed by atoms with van der Waals surface area (Å²) < 4.78 is 30.0. The van der Waals surface area contributed by atoms with Crippen LogP contribution in [0.4, 0.5) is 8.78 Å². The van der Waals surface area contributed by atoms with E-state index in [0.29, 0.717) is 0 Å². The average Bonchev–Trinajstić information content (AvgIpc) is 2.69. The lowest BCUT2D eigenvalue weighted by atomic mass is 9.81. The number of esters is 1. The van der Waals surface area contributed by atoms with E-state index >= 15 is 0 Å². The molecule has 0 aromatic heterocycles. The Hall–Kier alpha value is -0.670. The second-order valence-corrected chi connectivity index (χ2v) is 3.49. The molecule has 12 heavy (non-hydrogen) atoms. The van der Waals surface area contributed by atoms with E-state index in [0.717, 1.165) is 12.8 Å². The van der Waals surface area contributed by atoms with Gasteiger partial charge in [0.2, 0.25) is 0 Å². The van der Waals surface area contributed by atoms with Crippen LogP contribution in [0.3, 0.4) is 0 Å². The van der Waals surface area contributed by atoms with Gasteiger partial charge in [-0.05, 0) is 19.3 Å². The van der Waals surface area contributed by atoms with E-state index in [4.69, 9.17) is 4.74 Å². The van der Waals surface area contributed by atoms with E-state index in [1.165, 1.54) is 0 Å². The standard InChI is InChI=1S/C8H10F2O2/c9-8(10)4-3-6(8)7(11)12-5-1-2-5/h5-6H,1-4H2. The average molecular weight is 176 g/mol. The minimum Gasteiger partial charge on any atom is -0.462 e. The van der Waals surface area contributed by atoms with Crippen LogP contribution in [0.2, 0.25) is 0 Å². The van der Waals surface area contributed by atoms with Crippen LogP contribution in [0, 0.1) is 5.92 Å². The molecule has 2 rings (SSSR count). The van der Waals surface area contributed by atoms with Gasteiger partial charge in [0, 0.05) is 6.42 Å². The zero-order chi connectivity index (χ0) is 8.77. The molecule has 2 saturated carbocycles. The van der Waals surface area contributed by atoms with E-state index in [1.807, 2.05) is 0 Å². The van der Waals surface area contributed by atoms with Gasteiger partial charge in [0.05, 0.1) is 0 Å². The predicted octanol–water partition coefficient (Wildman–Crippen LogP) is 1.74. The third-order valence-corrected chi connectivity index (χ3v) is 2.37. The van der Waals surface area contributed by atoms with Gasteiger partial charge < -0.3 is 4.74 Å². The Balaban J connectivity index is 1.86. The first-order valence-electron chi connectivity index (χ1n) is 4.18. The number of ether oxygens (including phenoxy) is 1. The second-order valence-electron chi connectivity index (χ2n) is 3.49. The highest BCUT2D eigenvalue weighted by Gasteiger charge is 2.54. The maximum absolute atomic E-state index is 12.6. The third kappa shape index (κ3) is 1.30. The van der Waals surface area contributed by atoms with Crippen molar-refractivity contribution < 1.29 is 18.3 Å². The molecular formula is C8H10F2O2. The van der Waals surface area contributed by atoms with Crippen molar-refractivity contribution in [2.24, 2.45) is 5.92 Å². The smallest absolute Gasteiger partial charge is 0.315 e. The van der Waals surface area contributed by atoms with Crippen molar-refractivity contribution in [3.8, 4) is 0 Å². The molecule has 2 nitrogen and oxygen atoms in total. The van der Waals surface area contributed by atoms with Crippen molar-refractivity contribution in [2.75, 3.05) is 0 Å². The second kappa shape index (κ2) is 2.41. The quantitative estimate of drug-likeness (QED) is 0.599. The number of hydrogen-bond acceptors (Lipinski definition) is 2. The van der Waals surface area contributed by atoms with Crippen molar-refractivity contribution >= 4 is 5.97 Å². The van der Waals surface area contributed by atoms with Gasteiger partial charge in [-0.25, -0.2) is 8.78 Å². The number of hydrogen-bond donors (Lipinski definition) is 0. The van der Waals surface area contributed by atoms with Crippen LogP contribution in [0.25, 0.3) is 0 Å². The number of carbonyl (C=O) groups is 1. The molecule has 2 aliphatic carbocycles. The topological polar surface area (TPSA) is 26.3 Å². The first-order valence-corrected chi connectivity index (χ1v) is 4.18. The van der Waals surface area contributed by atoms with E-state index < -0.39 is 17.8 Å². The molecule has 0 aromatic rings. The lowest BCUT2D eigenvalue weighted by molar-refractivity contribution is -0.184. The van der Waals surface area contributed by atoms with Crippen LogP contribution in [0.1, 0.15) is 25.7 Å². The summed E-state index contributed by atoms with van der Waals surface area (Å²) in [5.41, 5.74) is 0. The zero-order valence-corrected chi connectivity index (χ0v) is 6.56. The summed E-state index contributed by atoms with van der Waals surface area (Å²) in [6, 6.07) is 0. The van der Waals surface area contributed by atoms with Gasteiger partial charge in [0.15, 0.2) is 0 Å². The number of halogens is 2. The van der Waals surface area contributed by atoms with Crippen molar-refractivity contribution in [3.63, 3.8) is 0 Å². The van der Waals surface area contributed by atoms with Crippen molar-refractivity contribution in [1.82, 2.24) is 0 Å². The monoisotopic (exact) mass is 176 g/mol. The van der Waals surface area contributed by atoms with Crippen LogP contribution < -0.4 is 0 Å². The van der Waals surface area contributed by atoms with Gasteiger partial charge in [-0.15, -0.1) is 0 Å². The SMILES string of the molecule is O=C(OC1CC1)C1CCC1(F)F.